The molecule has 0 aliphatic carbocycles. The van der Waals surface area contributed by atoms with Gasteiger partial charge in [0.2, 0.25) is 0 Å². The Morgan fingerprint density at radius 1 is 1.05 bits per heavy atom. The first kappa shape index (κ1) is 16.0. The summed E-state index contributed by atoms with van der Waals surface area (Å²) in [5.41, 5.74) is 1.04. The van der Waals surface area contributed by atoms with E-state index >= 15 is 0 Å². The molecular formula is C17H25BFNO2. The molecule has 120 valence electrons. The largest absolute Gasteiger partial charge is 0.494 e. The lowest BCUT2D eigenvalue weighted by atomic mass is 9.76. The van der Waals surface area contributed by atoms with Gasteiger partial charge in [-0.2, -0.15) is 0 Å². The van der Waals surface area contributed by atoms with Gasteiger partial charge in [-0.3, -0.25) is 0 Å². The zero-order chi connectivity index (χ0) is 16.0. The van der Waals surface area contributed by atoms with Gasteiger partial charge in [0, 0.05) is 0 Å². The molecule has 2 aliphatic heterocycles. The average Bonchev–Trinajstić information content (AvgIpc) is 2.68. The highest BCUT2D eigenvalue weighted by Gasteiger charge is 2.51. The van der Waals surface area contributed by atoms with Crippen LogP contribution in [0.15, 0.2) is 18.2 Å². The fourth-order valence-electron chi connectivity index (χ4n) is 3.14. The predicted molar refractivity (Wildman–Crippen MR) is 87.0 cm³/mol. The second kappa shape index (κ2) is 5.62. The van der Waals surface area contributed by atoms with E-state index in [-0.39, 0.29) is 5.82 Å². The molecule has 2 aliphatic rings. The maximum absolute atomic E-state index is 14.1. The third-order valence-corrected chi connectivity index (χ3v) is 5.28. The smallest absolute Gasteiger partial charge is 0.399 e. The molecular weight excluding hydrogens is 280 g/mol. The van der Waals surface area contributed by atoms with Crippen LogP contribution in [0.2, 0.25) is 0 Å². The van der Waals surface area contributed by atoms with Crippen molar-refractivity contribution in [2.75, 3.05) is 13.1 Å². The standard InChI is InChI=1S/C17H25BFNO2/c1-16(2)17(3,4)22-18(21-16)14-9-13(10-15(19)11-14)12-5-7-20-8-6-12/h9-12,20H,5-8H2,1-4H3. The van der Waals surface area contributed by atoms with Crippen LogP contribution < -0.4 is 10.8 Å². The summed E-state index contributed by atoms with van der Waals surface area (Å²) in [5.74, 6) is 0.207. The molecule has 22 heavy (non-hydrogen) atoms. The molecule has 1 aromatic carbocycles. The zero-order valence-corrected chi connectivity index (χ0v) is 13.9. The summed E-state index contributed by atoms with van der Waals surface area (Å²) in [6, 6.07) is 5.25. The Hall–Kier alpha value is -0.905. The van der Waals surface area contributed by atoms with Crippen LogP contribution in [-0.4, -0.2) is 31.4 Å². The van der Waals surface area contributed by atoms with E-state index in [1.807, 2.05) is 27.7 Å². The van der Waals surface area contributed by atoms with Gasteiger partial charge >= 0.3 is 7.12 Å². The molecule has 0 saturated carbocycles. The fourth-order valence-corrected chi connectivity index (χ4v) is 3.14. The van der Waals surface area contributed by atoms with Gasteiger partial charge in [-0.15, -0.1) is 0 Å². The van der Waals surface area contributed by atoms with Crippen LogP contribution in [0.25, 0.3) is 0 Å². The normalized spacial score (nSPS) is 24.7. The van der Waals surface area contributed by atoms with Gasteiger partial charge in [0.05, 0.1) is 11.2 Å². The first-order valence-electron chi connectivity index (χ1n) is 8.15. The second-order valence-electron chi connectivity index (χ2n) is 7.43. The van der Waals surface area contributed by atoms with E-state index in [1.54, 1.807) is 6.07 Å². The minimum atomic E-state index is -0.499. The van der Waals surface area contributed by atoms with Crippen molar-refractivity contribution in [1.29, 1.82) is 0 Å². The summed E-state index contributed by atoms with van der Waals surface area (Å²) in [6.45, 7) is 10.0. The van der Waals surface area contributed by atoms with Crippen LogP contribution in [-0.2, 0) is 9.31 Å². The number of nitrogens with one attached hydrogen (secondary N) is 1. The Morgan fingerprint density at radius 3 is 2.23 bits per heavy atom. The van der Waals surface area contributed by atoms with Crippen LogP contribution in [0.3, 0.4) is 0 Å². The Bertz CT molecular complexity index is 540. The van der Waals surface area contributed by atoms with E-state index in [2.05, 4.69) is 11.4 Å². The maximum atomic E-state index is 14.1. The molecule has 0 aromatic heterocycles. The van der Waals surface area contributed by atoms with Gasteiger partial charge in [0.1, 0.15) is 5.82 Å². The van der Waals surface area contributed by atoms with Crippen molar-refractivity contribution in [3.05, 3.63) is 29.6 Å². The molecule has 0 radical (unpaired) electrons. The molecule has 0 atom stereocenters. The van der Waals surface area contributed by atoms with Gasteiger partial charge < -0.3 is 14.6 Å². The summed E-state index contributed by atoms with van der Waals surface area (Å²) < 4.78 is 26.2. The number of rotatable bonds is 2. The van der Waals surface area contributed by atoms with Crippen molar-refractivity contribution in [2.24, 2.45) is 0 Å². The van der Waals surface area contributed by atoms with Gasteiger partial charge in [-0.25, -0.2) is 4.39 Å². The molecule has 3 rings (SSSR count). The van der Waals surface area contributed by atoms with E-state index in [0.29, 0.717) is 5.92 Å². The van der Waals surface area contributed by atoms with Gasteiger partial charge in [0.25, 0.3) is 0 Å². The predicted octanol–water partition coefficient (Wildman–Crippen LogP) is 2.59. The topological polar surface area (TPSA) is 30.5 Å². The van der Waals surface area contributed by atoms with E-state index in [1.165, 1.54) is 6.07 Å². The highest BCUT2D eigenvalue weighted by atomic mass is 19.1. The van der Waals surface area contributed by atoms with E-state index in [9.17, 15) is 4.39 Å². The molecule has 2 heterocycles. The molecule has 2 saturated heterocycles. The number of hydrogen-bond acceptors (Lipinski definition) is 3. The summed E-state index contributed by atoms with van der Waals surface area (Å²) in [7, 11) is -0.499. The van der Waals surface area contributed by atoms with Crippen molar-refractivity contribution in [3.63, 3.8) is 0 Å². The third-order valence-electron chi connectivity index (χ3n) is 5.28. The van der Waals surface area contributed by atoms with Crippen molar-refractivity contribution >= 4 is 12.6 Å². The van der Waals surface area contributed by atoms with Crippen molar-refractivity contribution in [1.82, 2.24) is 5.32 Å². The fraction of sp³-hybridized carbons (Fsp3) is 0.647. The molecule has 5 heteroatoms. The minimum absolute atomic E-state index is 0.208. The molecule has 0 unspecified atom stereocenters. The van der Waals surface area contributed by atoms with Crippen molar-refractivity contribution < 1.29 is 13.7 Å². The molecule has 3 nitrogen and oxygen atoms in total. The second-order valence-corrected chi connectivity index (χ2v) is 7.43. The Balaban J connectivity index is 1.87. The van der Waals surface area contributed by atoms with Crippen LogP contribution in [0.1, 0.15) is 52.0 Å². The lowest BCUT2D eigenvalue weighted by Crippen LogP contribution is -2.41. The first-order chi connectivity index (χ1) is 10.3. The summed E-state index contributed by atoms with van der Waals surface area (Å²) in [6.07, 6.45) is 2.10. The van der Waals surface area contributed by atoms with Crippen LogP contribution in [0.5, 0.6) is 0 Å². The van der Waals surface area contributed by atoms with E-state index in [0.717, 1.165) is 37.0 Å². The SMILES string of the molecule is CC1(C)OB(c2cc(F)cc(C3CCNCC3)c2)OC1(C)C. The Morgan fingerprint density at radius 2 is 1.64 bits per heavy atom. The minimum Gasteiger partial charge on any atom is -0.399 e. The lowest BCUT2D eigenvalue weighted by Gasteiger charge is -2.32. The summed E-state index contributed by atoms with van der Waals surface area (Å²) in [4.78, 5) is 0. The molecule has 0 spiro atoms. The van der Waals surface area contributed by atoms with Crippen LogP contribution in [0.4, 0.5) is 4.39 Å². The molecule has 0 bridgehead atoms. The first-order valence-corrected chi connectivity index (χ1v) is 8.15. The maximum Gasteiger partial charge on any atom is 0.494 e. The van der Waals surface area contributed by atoms with E-state index in [4.69, 9.17) is 9.31 Å². The molecule has 1 N–H and O–H groups in total. The quantitative estimate of drug-likeness (QED) is 0.852. The summed E-state index contributed by atoms with van der Waals surface area (Å²) in [5, 5.41) is 3.35. The monoisotopic (exact) mass is 305 g/mol. The van der Waals surface area contributed by atoms with Crippen molar-refractivity contribution in [2.45, 2.75) is 57.7 Å². The van der Waals surface area contributed by atoms with Crippen LogP contribution in [0, 0.1) is 5.82 Å². The lowest BCUT2D eigenvalue weighted by molar-refractivity contribution is 0.00578. The van der Waals surface area contributed by atoms with Gasteiger partial charge in [-0.1, -0.05) is 6.07 Å². The number of hydrogen-bond donors (Lipinski definition) is 1. The number of benzene rings is 1. The Kier molecular flexibility index (Phi) is 4.08. The summed E-state index contributed by atoms with van der Waals surface area (Å²) >= 11 is 0. The van der Waals surface area contributed by atoms with Gasteiger partial charge in [-0.05, 0) is 82.7 Å². The molecule has 0 amide bonds. The number of halogens is 1. The molecule has 1 aromatic rings. The third kappa shape index (κ3) is 2.94. The van der Waals surface area contributed by atoms with E-state index < -0.39 is 18.3 Å². The zero-order valence-electron chi connectivity index (χ0n) is 13.9. The highest BCUT2D eigenvalue weighted by Crippen LogP contribution is 2.36. The van der Waals surface area contributed by atoms with Crippen LogP contribution >= 0.6 is 0 Å². The van der Waals surface area contributed by atoms with Crippen molar-refractivity contribution in [3.8, 4) is 0 Å². The Labute approximate surface area is 132 Å². The number of piperidine rings is 1. The van der Waals surface area contributed by atoms with Gasteiger partial charge in [0.15, 0.2) is 0 Å². The highest BCUT2D eigenvalue weighted by molar-refractivity contribution is 6.62. The average molecular weight is 305 g/mol. The molecule has 2 fully saturated rings.